The van der Waals surface area contributed by atoms with Crippen LogP contribution in [0.3, 0.4) is 0 Å². The summed E-state index contributed by atoms with van der Waals surface area (Å²) in [5, 5.41) is 4.13. The fraction of sp³-hybridized carbons (Fsp3) is 0.483. The van der Waals surface area contributed by atoms with Crippen LogP contribution in [0.5, 0.6) is 0 Å². The number of halogens is 2. The summed E-state index contributed by atoms with van der Waals surface area (Å²) in [5.74, 6) is -0.236. The van der Waals surface area contributed by atoms with Crippen LogP contribution in [0.25, 0.3) is 0 Å². The summed E-state index contributed by atoms with van der Waals surface area (Å²) in [6.45, 7) is 1.16. The van der Waals surface area contributed by atoms with Crippen LogP contribution in [0, 0.1) is 0 Å². The molecule has 5 rings (SSSR count). The summed E-state index contributed by atoms with van der Waals surface area (Å²) < 4.78 is 0. The summed E-state index contributed by atoms with van der Waals surface area (Å²) in [4.78, 5) is 48.0. The number of urea groups is 2. The van der Waals surface area contributed by atoms with Crippen LogP contribution in [0.2, 0.25) is 10.0 Å². The lowest BCUT2D eigenvalue weighted by Gasteiger charge is -2.50. The van der Waals surface area contributed by atoms with E-state index < -0.39 is 5.54 Å². The number of anilines is 1. The number of benzene rings is 2. The second kappa shape index (κ2) is 10.9. The van der Waals surface area contributed by atoms with Gasteiger partial charge in [-0.2, -0.15) is 0 Å². The topological polar surface area (TPSA) is 76.2 Å². The molecule has 0 aromatic heterocycles. The number of carbonyl (C=O) groups is 3. The van der Waals surface area contributed by atoms with Crippen LogP contribution in [-0.4, -0.2) is 83.9 Å². The molecule has 2 aliphatic heterocycles. The number of amides is 5. The average molecular weight is 573 g/mol. The normalized spacial score (nSPS) is 21.2. The van der Waals surface area contributed by atoms with Crippen molar-refractivity contribution in [1.82, 2.24) is 19.6 Å². The predicted molar refractivity (Wildman–Crippen MR) is 153 cm³/mol. The summed E-state index contributed by atoms with van der Waals surface area (Å²) in [7, 11) is 5.32. The molecule has 39 heavy (non-hydrogen) atoms. The first-order valence-corrected chi connectivity index (χ1v) is 14.3. The minimum Gasteiger partial charge on any atom is -0.331 e. The van der Waals surface area contributed by atoms with E-state index in [-0.39, 0.29) is 30.1 Å². The Kier molecular flexibility index (Phi) is 7.71. The lowest BCUT2D eigenvalue weighted by Crippen LogP contribution is -2.64. The second-order valence-electron chi connectivity index (χ2n) is 11.1. The molecule has 0 spiro atoms. The van der Waals surface area contributed by atoms with Crippen molar-refractivity contribution in [2.24, 2.45) is 0 Å². The van der Waals surface area contributed by atoms with Gasteiger partial charge >= 0.3 is 12.1 Å². The first-order valence-electron chi connectivity index (χ1n) is 13.5. The number of nitrogens with zero attached hydrogens (tertiary/aromatic N) is 4. The van der Waals surface area contributed by atoms with E-state index in [0.29, 0.717) is 48.1 Å². The van der Waals surface area contributed by atoms with E-state index in [4.69, 9.17) is 23.2 Å². The molecule has 3 aliphatic rings. The molecule has 1 atom stereocenters. The van der Waals surface area contributed by atoms with E-state index in [2.05, 4.69) is 5.32 Å². The van der Waals surface area contributed by atoms with E-state index in [1.54, 1.807) is 42.1 Å². The zero-order valence-electron chi connectivity index (χ0n) is 22.6. The van der Waals surface area contributed by atoms with Crippen LogP contribution in [0.15, 0.2) is 42.5 Å². The number of carbonyl (C=O) groups excluding carboxylic acids is 3. The van der Waals surface area contributed by atoms with Gasteiger partial charge in [-0.15, -0.1) is 0 Å². The molecule has 10 heteroatoms. The minimum absolute atomic E-state index is 0.0168. The quantitative estimate of drug-likeness (QED) is 0.519. The lowest BCUT2D eigenvalue weighted by molar-refractivity contribution is -0.129. The summed E-state index contributed by atoms with van der Waals surface area (Å²) >= 11 is 12.6. The van der Waals surface area contributed by atoms with E-state index in [1.807, 2.05) is 41.1 Å². The number of hydrogen-bond donors (Lipinski definition) is 1. The maximum atomic E-state index is 14.5. The molecule has 2 aromatic rings. The average Bonchev–Trinajstić information content (AvgIpc) is 3.15. The van der Waals surface area contributed by atoms with Crippen LogP contribution < -0.4 is 5.32 Å². The monoisotopic (exact) mass is 571 g/mol. The van der Waals surface area contributed by atoms with Crippen molar-refractivity contribution in [2.45, 2.75) is 56.1 Å². The first kappa shape index (κ1) is 27.6. The smallest absolute Gasteiger partial charge is 0.321 e. The van der Waals surface area contributed by atoms with Gasteiger partial charge in [-0.1, -0.05) is 41.4 Å². The third kappa shape index (κ3) is 5.05. The largest absolute Gasteiger partial charge is 0.331 e. The van der Waals surface area contributed by atoms with Crippen LogP contribution in [-0.2, 0) is 16.8 Å². The highest BCUT2D eigenvalue weighted by molar-refractivity contribution is 6.31. The molecule has 8 nitrogen and oxygen atoms in total. The lowest BCUT2D eigenvalue weighted by atomic mass is 9.79. The predicted octanol–water partition coefficient (Wildman–Crippen LogP) is 5.44. The minimum atomic E-state index is -1.25. The molecule has 208 valence electrons. The zero-order chi connectivity index (χ0) is 27.9. The van der Waals surface area contributed by atoms with Gasteiger partial charge in [-0.25, -0.2) is 9.59 Å². The van der Waals surface area contributed by atoms with E-state index in [1.165, 1.54) is 0 Å². The standard InChI is InChI=1S/C29H35Cl2N5O3/c1-33(2)27(38)35-14-12-22(13-15-35)34(3)28(39)36(23-8-5-9-23)29(18-19-6-4-7-20(30)16-19)24-11-10-21(31)17-25(24)32-26(29)37/h4,6-7,10-11,16-17,22-23H,5,8-9,12-15,18H2,1-3H3,(H,32,37). The van der Waals surface area contributed by atoms with Gasteiger partial charge in [0.25, 0.3) is 5.91 Å². The van der Waals surface area contributed by atoms with Gasteiger partial charge < -0.3 is 24.9 Å². The molecule has 2 heterocycles. The van der Waals surface area contributed by atoms with Gasteiger partial charge in [0.1, 0.15) is 0 Å². The Morgan fingerprint density at radius 3 is 2.28 bits per heavy atom. The van der Waals surface area contributed by atoms with Gasteiger partial charge in [-0.3, -0.25) is 4.79 Å². The fourth-order valence-electron chi connectivity index (χ4n) is 6.10. The Labute approximate surface area is 239 Å². The number of hydrogen-bond acceptors (Lipinski definition) is 3. The highest BCUT2D eigenvalue weighted by atomic mass is 35.5. The summed E-state index contributed by atoms with van der Waals surface area (Å²) in [5.41, 5.74) is 1.00. The molecule has 0 radical (unpaired) electrons. The Balaban J connectivity index is 1.51. The third-order valence-corrected chi connectivity index (χ3v) is 8.89. The molecule has 2 fully saturated rings. The van der Waals surface area contributed by atoms with Crippen molar-refractivity contribution >= 4 is 46.9 Å². The summed E-state index contributed by atoms with van der Waals surface area (Å²) in [6.07, 6.45) is 4.33. The molecule has 2 aromatic carbocycles. The zero-order valence-corrected chi connectivity index (χ0v) is 24.1. The van der Waals surface area contributed by atoms with E-state index in [0.717, 1.165) is 30.4 Å². The Bertz CT molecular complexity index is 1280. The fourth-order valence-corrected chi connectivity index (χ4v) is 6.49. The number of piperidine rings is 1. The van der Waals surface area contributed by atoms with Crippen LogP contribution >= 0.6 is 23.2 Å². The van der Waals surface area contributed by atoms with E-state index >= 15 is 0 Å². The van der Waals surface area contributed by atoms with Crippen molar-refractivity contribution in [2.75, 3.05) is 39.5 Å². The maximum Gasteiger partial charge on any atom is 0.321 e. The maximum absolute atomic E-state index is 14.5. The third-order valence-electron chi connectivity index (χ3n) is 8.42. The molecule has 0 bridgehead atoms. The van der Waals surface area contributed by atoms with E-state index in [9.17, 15) is 14.4 Å². The molecule has 1 saturated heterocycles. The van der Waals surface area contributed by atoms with Gasteiger partial charge in [0.15, 0.2) is 5.54 Å². The first-order chi connectivity index (χ1) is 18.6. The Morgan fingerprint density at radius 1 is 0.974 bits per heavy atom. The second-order valence-corrected chi connectivity index (χ2v) is 11.9. The van der Waals surface area contributed by atoms with Crippen molar-refractivity contribution in [1.29, 1.82) is 0 Å². The Hall–Kier alpha value is -2.97. The SMILES string of the molecule is CN(C)C(=O)N1CCC(N(C)C(=O)N(C2CCC2)C2(Cc3cccc(Cl)c3)C(=O)Nc3cc(Cl)ccc32)CC1. The molecule has 5 amide bonds. The van der Waals surface area contributed by atoms with Crippen LogP contribution in [0.4, 0.5) is 15.3 Å². The molecular formula is C29H35Cl2N5O3. The van der Waals surface area contributed by atoms with Gasteiger partial charge in [0.05, 0.1) is 0 Å². The molecule has 1 N–H and O–H groups in total. The highest BCUT2D eigenvalue weighted by Crippen LogP contribution is 2.48. The number of rotatable bonds is 5. The van der Waals surface area contributed by atoms with Gasteiger partial charge in [0.2, 0.25) is 0 Å². The van der Waals surface area contributed by atoms with Crippen molar-refractivity contribution < 1.29 is 14.4 Å². The van der Waals surface area contributed by atoms with Crippen molar-refractivity contribution in [3.05, 3.63) is 63.6 Å². The molecule has 1 unspecified atom stereocenters. The molecular weight excluding hydrogens is 537 g/mol. The number of likely N-dealkylation sites (tertiary alicyclic amines) is 1. The highest BCUT2D eigenvalue weighted by Gasteiger charge is 2.56. The number of fused-ring (bicyclic) bond motifs is 1. The molecule has 1 aliphatic carbocycles. The van der Waals surface area contributed by atoms with Gasteiger partial charge in [0, 0.05) is 74.0 Å². The molecule has 1 saturated carbocycles. The van der Waals surface area contributed by atoms with Crippen molar-refractivity contribution in [3.63, 3.8) is 0 Å². The Morgan fingerprint density at radius 2 is 1.67 bits per heavy atom. The summed E-state index contributed by atoms with van der Waals surface area (Å²) in [6, 6.07) is 12.6. The van der Waals surface area contributed by atoms with Crippen LogP contribution in [0.1, 0.15) is 43.2 Å². The van der Waals surface area contributed by atoms with Gasteiger partial charge in [-0.05, 0) is 61.9 Å². The van der Waals surface area contributed by atoms with Crippen molar-refractivity contribution in [3.8, 4) is 0 Å². The number of nitrogens with one attached hydrogen (secondary N) is 1.